The summed E-state index contributed by atoms with van der Waals surface area (Å²) in [6.45, 7) is 1.33. The van der Waals surface area contributed by atoms with Gasteiger partial charge in [0.25, 0.3) is 0 Å². The second-order valence-electron chi connectivity index (χ2n) is 5.44. The largest absolute Gasteiger partial charge is 0.494 e. The molecule has 0 aliphatic carbocycles. The third-order valence-corrected chi connectivity index (χ3v) is 4.64. The van der Waals surface area contributed by atoms with Gasteiger partial charge < -0.3 is 14.8 Å². The number of carbonyl (C=O) groups is 1. The van der Waals surface area contributed by atoms with Crippen LogP contribution < -0.4 is 10.1 Å². The van der Waals surface area contributed by atoms with Crippen LogP contribution in [0.4, 0.5) is 4.79 Å². The fourth-order valence-corrected chi connectivity index (χ4v) is 3.38. The summed E-state index contributed by atoms with van der Waals surface area (Å²) >= 11 is 1.53. The Kier molecular flexibility index (Phi) is 4.04. The molecule has 0 atom stereocenters. The molecule has 4 bridgehead atoms. The van der Waals surface area contributed by atoms with Gasteiger partial charge in [0, 0.05) is 23.7 Å². The van der Waals surface area contributed by atoms with E-state index < -0.39 is 6.09 Å². The van der Waals surface area contributed by atoms with Gasteiger partial charge in [-0.3, -0.25) is 5.10 Å². The smallest absolute Gasteiger partial charge is 0.407 e. The molecule has 4 rings (SSSR count). The monoisotopic (exact) mass is 344 g/mol. The first-order valence-electron chi connectivity index (χ1n) is 7.76. The molecule has 0 radical (unpaired) electrons. The maximum absolute atomic E-state index is 11.6. The number of aromatic nitrogens is 3. The van der Waals surface area contributed by atoms with E-state index in [1.807, 2.05) is 23.6 Å². The lowest BCUT2D eigenvalue weighted by atomic mass is 10.2. The zero-order valence-corrected chi connectivity index (χ0v) is 13.7. The van der Waals surface area contributed by atoms with E-state index in [0.29, 0.717) is 32.6 Å². The summed E-state index contributed by atoms with van der Waals surface area (Å²) in [6, 6.07) is 5.83. The quantitative estimate of drug-likeness (QED) is 0.654. The van der Waals surface area contributed by atoms with Crippen LogP contribution in [0.25, 0.3) is 21.6 Å². The van der Waals surface area contributed by atoms with Crippen molar-refractivity contribution < 1.29 is 14.3 Å². The number of cyclic esters (lactones) is 1. The molecular formula is C16H16N4O3S. The van der Waals surface area contributed by atoms with Crippen molar-refractivity contribution in [2.24, 2.45) is 0 Å². The third-order valence-electron chi connectivity index (χ3n) is 3.74. The molecule has 124 valence electrons. The molecule has 0 fully saturated rings. The van der Waals surface area contributed by atoms with Crippen LogP contribution in [0.15, 0.2) is 23.6 Å². The number of benzene rings is 1. The molecule has 3 heterocycles. The third kappa shape index (κ3) is 3.05. The number of nitrogens with zero attached hydrogens (tertiary/aromatic N) is 2. The standard InChI is InChI=1S/C16H16N4O3S/c21-16-17-5-1-6-22-11-2-3-13-12(8-11)14(20-19-13)15-18-10(9-24-15)4-7-23-16/h2-3,8-9H,1,4-7H2,(H,17,21)(H,19,20). The first-order valence-corrected chi connectivity index (χ1v) is 8.64. The molecule has 1 aliphatic heterocycles. The van der Waals surface area contributed by atoms with Crippen LogP contribution in [0.2, 0.25) is 0 Å². The normalized spacial score (nSPS) is 15.8. The van der Waals surface area contributed by atoms with Crippen molar-refractivity contribution in [1.29, 1.82) is 0 Å². The maximum atomic E-state index is 11.6. The van der Waals surface area contributed by atoms with E-state index in [1.165, 1.54) is 11.3 Å². The molecular weight excluding hydrogens is 328 g/mol. The van der Waals surface area contributed by atoms with Crippen LogP contribution in [0.3, 0.4) is 0 Å². The second-order valence-corrected chi connectivity index (χ2v) is 6.30. The molecule has 2 N–H and O–H groups in total. The fraction of sp³-hybridized carbons (Fsp3) is 0.312. The highest BCUT2D eigenvalue weighted by atomic mass is 32.1. The predicted octanol–water partition coefficient (Wildman–Crippen LogP) is 2.74. The van der Waals surface area contributed by atoms with Crippen LogP contribution in [0, 0.1) is 0 Å². The van der Waals surface area contributed by atoms with Gasteiger partial charge in [0.2, 0.25) is 0 Å². The Morgan fingerprint density at radius 1 is 1.21 bits per heavy atom. The minimum absolute atomic E-state index is 0.303. The summed E-state index contributed by atoms with van der Waals surface area (Å²) in [6.07, 6.45) is 0.883. The van der Waals surface area contributed by atoms with Crippen molar-refractivity contribution in [3.63, 3.8) is 0 Å². The van der Waals surface area contributed by atoms with Crippen molar-refractivity contribution in [1.82, 2.24) is 20.5 Å². The van der Waals surface area contributed by atoms with Crippen LogP contribution >= 0.6 is 11.3 Å². The number of fused-ring (bicyclic) bond motifs is 4. The highest BCUT2D eigenvalue weighted by Crippen LogP contribution is 2.31. The molecule has 1 aliphatic rings. The number of hydrogen-bond donors (Lipinski definition) is 2. The number of thiazole rings is 1. The molecule has 0 saturated carbocycles. The molecule has 24 heavy (non-hydrogen) atoms. The topological polar surface area (TPSA) is 89.1 Å². The maximum Gasteiger partial charge on any atom is 0.407 e. The SMILES string of the molecule is O=C1NCCCOc2ccc3[nH]nc(c3c2)-c2nc(cs2)CCO1. The number of nitrogens with one attached hydrogen (secondary N) is 2. The Morgan fingerprint density at radius 3 is 3.12 bits per heavy atom. The minimum atomic E-state index is -0.409. The summed E-state index contributed by atoms with van der Waals surface area (Å²) in [7, 11) is 0. The van der Waals surface area contributed by atoms with Crippen LogP contribution in [0.5, 0.6) is 5.75 Å². The molecule has 8 heteroatoms. The molecule has 1 amide bonds. The zero-order chi connectivity index (χ0) is 16.4. The lowest BCUT2D eigenvalue weighted by Crippen LogP contribution is -2.27. The van der Waals surface area contributed by atoms with E-state index >= 15 is 0 Å². The van der Waals surface area contributed by atoms with E-state index in [0.717, 1.165) is 33.0 Å². The summed E-state index contributed by atoms with van der Waals surface area (Å²) in [5.74, 6) is 0.775. The van der Waals surface area contributed by atoms with Crippen LogP contribution in [0.1, 0.15) is 12.1 Å². The lowest BCUT2D eigenvalue weighted by Gasteiger charge is -2.08. The Labute approximate surface area is 142 Å². The predicted molar refractivity (Wildman–Crippen MR) is 90.4 cm³/mol. The van der Waals surface area contributed by atoms with Gasteiger partial charge >= 0.3 is 6.09 Å². The highest BCUT2D eigenvalue weighted by molar-refractivity contribution is 7.13. The van der Waals surface area contributed by atoms with Crippen molar-refractivity contribution in [2.45, 2.75) is 12.8 Å². The molecule has 2 aromatic heterocycles. The second kappa shape index (κ2) is 6.48. The Bertz CT molecular complexity index is 873. The van der Waals surface area contributed by atoms with Gasteiger partial charge in [-0.25, -0.2) is 9.78 Å². The number of rotatable bonds is 0. The van der Waals surface area contributed by atoms with Crippen molar-refractivity contribution >= 4 is 28.3 Å². The summed E-state index contributed by atoms with van der Waals surface area (Å²) in [4.78, 5) is 16.2. The number of amides is 1. The van der Waals surface area contributed by atoms with Gasteiger partial charge in [0.05, 0.1) is 24.4 Å². The summed E-state index contributed by atoms with van der Waals surface area (Å²) in [5, 5.41) is 13.9. The number of ether oxygens (including phenoxy) is 2. The average molecular weight is 344 g/mol. The number of hydrogen-bond acceptors (Lipinski definition) is 6. The van der Waals surface area contributed by atoms with Gasteiger partial charge in [-0.2, -0.15) is 5.10 Å². The molecule has 7 nitrogen and oxygen atoms in total. The lowest BCUT2D eigenvalue weighted by molar-refractivity contribution is 0.146. The number of aromatic amines is 1. The van der Waals surface area contributed by atoms with E-state index in [4.69, 9.17) is 9.47 Å². The van der Waals surface area contributed by atoms with Gasteiger partial charge in [0.15, 0.2) is 0 Å². The van der Waals surface area contributed by atoms with Gasteiger partial charge in [-0.1, -0.05) is 0 Å². The molecule has 0 unspecified atom stereocenters. The highest BCUT2D eigenvalue weighted by Gasteiger charge is 2.14. The van der Waals surface area contributed by atoms with Crippen molar-refractivity contribution in [2.75, 3.05) is 19.8 Å². The number of alkyl carbamates (subject to hydrolysis) is 1. The molecule has 0 spiro atoms. The molecule has 3 aromatic rings. The average Bonchev–Trinajstić information content (AvgIpc) is 3.20. The Morgan fingerprint density at radius 2 is 2.17 bits per heavy atom. The summed E-state index contributed by atoms with van der Waals surface area (Å²) in [5.41, 5.74) is 2.65. The molecule has 1 aromatic carbocycles. The first kappa shape index (κ1) is 14.9. The zero-order valence-electron chi connectivity index (χ0n) is 12.9. The fourth-order valence-electron chi connectivity index (χ4n) is 2.53. The Balaban J connectivity index is 1.69. The molecule has 0 saturated heterocycles. The summed E-state index contributed by atoms with van der Waals surface area (Å²) < 4.78 is 10.9. The van der Waals surface area contributed by atoms with Gasteiger partial charge in [-0.05, 0) is 24.6 Å². The van der Waals surface area contributed by atoms with E-state index in [9.17, 15) is 4.79 Å². The number of carbonyl (C=O) groups excluding carboxylic acids is 1. The Hall–Kier alpha value is -2.61. The minimum Gasteiger partial charge on any atom is -0.494 e. The van der Waals surface area contributed by atoms with E-state index in [-0.39, 0.29) is 0 Å². The van der Waals surface area contributed by atoms with Crippen molar-refractivity contribution in [3.05, 3.63) is 29.3 Å². The van der Waals surface area contributed by atoms with Gasteiger partial charge in [-0.15, -0.1) is 11.3 Å². The van der Waals surface area contributed by atoms with Crippen LogP contribution in [-0.4, -0.2) is 41.0 Å². The first-order chi connectivity index (χ1) is 11.8. The van der Waals surface area contributed by atoms with Gasteiger partial charge in [0.1, 0.15) is 16.5 Å². The van der Waals surface area contributed by atoms with E-state index in [1.54, 1.807) is 0 Å². The van der Waals surface area contributed by atoms with E-state index in [2.05, 4.69) is 20.5 Å². The number of H-pyrrole nitrogens is 1. The van der Waals surface area contributed by atoms with Crippen LogP contribution in [-0.2, 0) is 11.2 Å². The van der Waals surface area contributed by atoms with Crippen molar-refractivity contribution in [3.8, 4) is 16.5 Å².